The molecule has 6 nitrogen and oxygen atoms in total. The fourth-order valence-corrected chi connectivity index (χ4v) is 2.95. The molecular weight excluding hydrogens is 295 g/mol. The molecule has 0 aliphatic rings. The smallest absolute Gasteiger partial charge is 0.262 e. The first kappa shape index (κ1) is 15.1. The molecule has 4 N–H and O–H groups in total. The lowest BCUT2D eigenvalue weighted by molar-refractivity contribution is 0.541. The topological polar surface area (TPSA) is 109 Å². The summed E-state index contributed by atoms with van der Waals surface area (Å²) in [4.78, 5) is 3.52. The number of nitrogens with zero attached hydrogens (tertiary/aromatic N) is 1. The predicted octanol–water partition coefficient (Wildman–Crippen LogP) is 1.18. The number of aromatic nitrogens is 1. The Balaban J connectivity index is 2.38. The van der Waals surface area contributed by atoms with Gasteiger partial charge in [-0.05, 0) is 17.7 Å². The highest BCUT2D eigenvalue weighted by molar-refractivity contribution is 7.89. The van der Waals surface area contributed by atoms with E-state index in [-0.39, 0.29) is 0 Å². The minimum absolute atomic E-state index is 0.402. The Morgan fingerprint density at radius 1 is 1.24 bits per heavy atom. The third kappa shape index (κ3) is 3.41. The summed E-state index contributed by atoms with van der Waals surface area (Å²) in [6, 6.07) is 9.53. The Bertz CT molecular complexity index is 750. The van der Waals surface area contributed by atoms with E-state index in [2.05, 4.69) is 9.71 Å². The van der Waals surface area contributed by atoms with Crippen LogP contribution in [0.3, 0.4) is 0 Å². The molecule has 1 heterocycles. The molecule has 0 radical (unpaired) electrons. The number of halogens is 1. The van der Waals surface area contributed by atoms with Crippen molar-refractivity contribution in [1.29, 1.82) is 5.41 Å². The lowest BCUT2D eigenvalue weighted by Gasteiger charge is -2.17. The molecule has 0 spiro atoms. The molecule has 2 aromatic rings. The van der Waals surface area contributed by atoms with Crippen molar-refractivity contribution in [1.82, 2.24) is 9.71 Å². The lowest BCUT2D eigenvalue weighted by Crippen LogP contribution is -2.37. The first-order valence-corrected chi connectivity index (χ1v) is 7.42. The van der Waals surface area contributed by atoms with Crippen LogP contribution in [-0.4, -0.2) is 19.2 Å². The molecule has 8 heteroatoms. The highest BCUT2D eigenvalue weighted by Gasteiger charge is 2.26. The van der Waals surface area contributed by atoms with Gasteiger partial charge < -0.3 is 5.73 Å². The van der Waals surface area contributed by atoms with Crippen molar-refractivity contribution in [3.05, 3.63) is 60.0 Å². The van der Waals surface area contributed by atoms with Gasteiger partial charge in [0.2, 0.25) is 5.03 Å². The van der Waals surface area contributed by atoms with Gasteiger partial charge in [-0.3, -0.25) is 5.41 Å². The molecule has 1 aromatic heterocycles. The standard InChI is InChI=1S/C13H13FN4O2S/c14-10-7-4-8-17-13(10)21(19,20)18-11(12(15)16)9-5-2-1-3-6-9/h1-8,11,18H,(H3,15,16). The quantitative estimate of drug-likeness (QED) is 0.569. The average Bonchev–Trinajstić information content (AvgIpc) is 2.46. The molecule has 0 aliphatic carbocycles. The molecule has 0 amide bonds. The fraction of sp³-hybridized carbons (Fsp3) is 0.0769. The molecule has 1 unspecified atom stereocenters. The zero-order chi connectivity index (χ0) is 15.5. The van der Waals surface area contributed by atoms with Gasteiger partial charge in [0.25, 0.3) is 10.0 Å². The number of nitrogens with two attached hydrogens (primary N) is 1. The SMILES string of the molecule is N=C(N)C(NS(=O)(=O)c1ncccc1F)c1ccccc1. The third-order valence-electron chi connectivity index (χ3n) is 2.70. The molecule has 110 valence electrons. The molecule has 0 saturated carbocycles. The number of rotatable bonds is 5. The summed E-state index contributed by atoms with van der Waals surface area (Å²) in [5.74, 6) is -1.37. The van der Waals surface area contributed by atoms with Crippen LogP contribution in [0, 0.1) is 11.2 Å². The van der Waals surface area contributed by atoms with Gasteiger partial charge in [0.05, 0.1) is 0 Å². The first-order chi connectivity index (χ1) is 9.92. The van der Waals surface area contributed by atoms with E-state index < -0.39 is 32.7 Å². The first-order valence-electron chi connectivity index (χ1n) is 5.93. The average molecular weight is 308 g/mol. The van der Waals surface area contributed by atoms with Crippen LogP contribution in [-0.2, 0) is 10.0 Å². The molecule has 0 saturated heterocycles. The number of nitrogens with one attached hydrogen (secondary N) is 2. The van der Waals surface area contributed by atoms with Crippen molar-refractivity contribution < 1.29 is 12.8 Å². The van der Waals surface area contributed by atoms with E-state index in [0.717, 1.165) is 6.07 Å². The van der Waals surface area contributed by atoms with Crippen LogP contribution in [0.15, 0.2) is 53.7 Å². The minimum Gasteiger partial charge on any atom is -0.386 e. The molecule has 0 fully saturated rings. The highest BCUT2D eigenvalue weighted by Crippen LogP contribution is 2.17. The molecule has 2 rings (SSSR count). The number of hydrogen-bond donors (Lipinski definition) is 3. The second kappa shape index (κ2) is 5.98. The lowest BCUT2D eigenvalue weighted by atomic mass is 10.1. The maximum Gasteiger partial charge on any atom is 0.262 e. The van der Waals surface area contributed by atoms with Crippen LogP contribution in [0.25, 0.3) is 0 Å². The summed E-state index contributed by atoms with van der Waals surface area (Å²) in [5.41, 5.74) is 5.91. The van der Waals surface area contributed by atoms with Crippen molar-refractivity contribution in [3.63, 3.8) is 0 Å². The van der Waals surface area contributed by atoms with Gasteiger partial charge in [-0.15, -0.1) is 0 Å². The van der Waals surface area contributed by atoms with Crippen molar-refractivity contribution in [2.75, 3.05) is 0 Å². The van der Waals surface area contributed by atoms with Crippen molar-refractivity contribution in [2.24, 2.45) is 5.73 Å². The normalized spacial score (nSPS) is 12.8. The fourth-order valence-electron chi connectivity index (χ4n) is 1.74. The maximum absolute atomic E-state index is 13.6. The summed E-state index contributed by atoms with van der Waals surface area (Å²) >= 11 is 0. The summed E-state index contributed by atoms with van der Waals surface area (Å²) in [5, 5.41) is 6.79. The molecule has 1 atom stereocenters. The molecule has 0 aliphatic heterocycles. The van der Waals surface area contributed by atoms with Crippen molar-refractivity contribution in [2.45, 2.75) is 11.1 Å². The van der Waals surface area contributed by atoms with Crippen LogP contribution >= 0.6 is 0 Å². The molecular formula is C13H13FN4O2S. The van der Waals surface area contributed by atoms with Crippen LogP contribution in [0.5, 0.6) is 0 Å². The van der Waals surface area contributed by atoms with Crippen LogP contribution < -0.4 is 10.5 Å². The van der Waals surface area contributed by atoms with Gasteiger partial charge >= 0.3 is 0 Å². The largest absolute Gasteiger partial charge is 0.386 e. The Morgan fingerprint density at radius 3 is 2.48 bits per heavy atom. The van der Waals surface area contributed by atoms with E-state index in [1.807, 2.05) is 0 Å². The summed E-state index contributed by atoms with van der Waals surface area (Å²) in [6.07, 6.45) is 1.17. The van der Waals surface area contributed by atoms with Gasteiger partial charge in [0.1, 0.15) is 11.9 Å². The van der Waals surface area contributed by atoms with E-state index in [0.29, 0.717) is 5.56 Å². The van der Waals surface area contributed by atoms with E-state index in [9.17, 15) is 12.8 Å². The molecule has 21 heavy (non-hydrogen) atoms. The van der Waals surface area contributed by atoms with E-state index >= 15 is 0 Å². The van der Waals surface area contributed by atoms with Crippen molar-refractivity contribution in [3.8, 4) is 0 Å². The maximum atomic E-state index is 13.6. The third-order valence-corrected chi connectivity index (χ3v) is 4.05. The molecule has 0 bridgehead atoms. The number of pyridine rings is 1. The Hall–Kier alpha value is -2.32. The van der Waals surface area contributed by atoms with Gasteiger partial charge in [-0.2, -0.15) is 4.72 Å². The van der Waals surface area contributed by atoms with Crippen molar-refractivity contribution >= 4 is 15.9 Å². The Labute approximate surface area is 121 Å². The van der Waals surface area contributed by atoms with Crippen LogP contribution in [0.4, 0.5) is 4.39 Å². The number of sulfonamides is 1. The second-order valence-corrected chi connectivity index (χ2v) is 5.84. The highest BCUT2D eigenvalue weighted by atomic mass is 32.2. The van der Waals surface area contributed by atoms with Gasteiger partial charge in [-0.1, -0.05) is 30.3 Å². The van der Waals surface area contributed by atoms with Crippen LogP contribution in [0.1, 0.15) is 11.6 Å². The molecule has 1 aromatic carbocycles. The van der Waals surface area contributed by atoms with Crippen LogP contribution in [0.2, 0.25) is 0 Å². The summed E-state index contributed by atoms with van der Waals surface area (Å²) in [6.45, 7) is 0. The monoisotopic (exact) mass is 308 g/mol. The number of benzene rings is 1. The Kier molecular flexibility index (Phi) is 4.29. The zero-order valence-electron chi connectivity index (χ0n) is 10.8. The van der Waals surface area contributed by atoms with E-state index in [1.54, 1.807) is 30.3 Å². The number of amidine groups is 1. The van der Waals surface area contributed by atoms with Gasteiger partial charge in [0, 0.05) is 6.20 Å². The predicted molar refractivity (Wildman–Crippen MR) is 75.6 cm³/mol. The summed E-state index contributed by atoms with van der Waals surface area (Å²) < 4.78 is 40.1. The summed E-state index contributed by atoms with van der Waals surface area (Å²) in [7, 11) is -4.24. The van der Waals surface area contributed by atoms with Gasteiger partial charge in [0.15, 0.2) is 5.82 Å². The Morgan fingerprint density at radius 2 is 1.90 bits per heavy atom. The van der Waals surface area contributed by atoms with E-state index in [4.69, 9.17) is 11.1 Å². The van der Waals surface area contributed by atoms with Gasteiger partial charge in [-0.25, -0.2) is 17.8 Å². The minimum atomic E-state index is -4.24. The number of hydrogen-bond acceptors (Lipinski definition) is 4. The van der Waals surface area contributed by atoms with E-state index in [1.165, 1.54) is 12.3 Å². The zero-order valence-corrected chi connectivity index (χ0v) is 11.6. The second-order valence-electron chi connectivity index (χ2n) is 4.21.